The molecule has 2 amide bonds. The minimum Gasteiger partial charge on any atom is -0.376 e. The van der Waals surface area contributed by atoms with Gasteiger partial charge in [0.05, 0.1) is 30.1 Å². The summed E-state index contributed by atoms with van der Waals surface area (Å²) in [6.45, 7) is 5.18. The first-order chi connectivity index (χ1) is 15.0. The van der Waals surface area contributed by atoms with Gasteiger partial charge in [0.1, 0.15) is 6.04 Å². The maximum Gasteiger partial charge on any atom is 0.253 e. The number of nitrogens with one attached hydrogen (secondary N) is 1. The molecule has 2 atom stereocenters. The molecule has 1 fully saturated rings. The van der Waals surface area contributed by atoms with Gasteiger partial charge >= 0.3 is 0 Å². The number of fused-ring (bicyclic) bond motifs is 3. The van der Waals surface area contributed by atoms with Crippen LogP contribution in [0, 0.1) is 13.8 Å². The second-order valence-corrected chi connectivity index (χ2v) is 8.44. The van der Waals surface area contributed by atoms with Crippen molar-refractivity contribution in [2.75, 3.05) is 23.4 Å². The number of carbonyl (C=O) groups excluding carboxylic acids is 2. The van der Waals surface area contributed by atoms with Crippen LogP contribution in [0.3, 0.4) is 0 Å². The summed E-state index contributed by atoms with van der Waals surface area (Å²) >= 11 is 0. The summed E-state index contributed by atoms with van der Waals surface area (Å²) in [5, 5.41) is 2.98. The van der Waals surface area contributed by atoms with Gasteiger partial charge in [0, 0.05) is 12.3 Å². The van der Waals surface area contributed by atoms with E-state index in [2.05, 4.69) is 5.32 Å². The molecule has 0 spiro atoms. The highest BCUT2D eigenvalue weighted by Gasteiger charge is 2.42. The van der Waals surface area contributed by atoms with E-state index in [0.717, 1.165) is 47.3 Å². The summed E-state index contributed by atoms with van der Waals surface area (Å²) < 4.78 is 7.67. The van der Waals surface area contributed by atoms with E-state index < -0.39 is 6.04 Å². The number of nitrogens with zero attached hydrogens (tertiary/aromatic N) is 3. The number of ether oxygens (including phenoxy) is 1. The smallest absolute Gasteiger partial charge is 0.253 e. The Hall–Kier alpha value is -3.19. The lowest BCUT2D eigenvalue weighted by atomic mass is 10.1. The van der Waals surface area contributed by atoms with Gasteiger partial charge in [0.15, 0.2) is 0 Å². The lowest BCUT2D eigenvalue weighted by Gasteiger charge is -2.19. The van der Waals surface area contributed by atoms with Gasteiger partial charge in [-0.2, -0.15) is 0 Å². The average molecular weight is 418 g/mol. The van der Waals surface area contributed by atoms with Gasteiger partial charge in [-0.05, 0) is 50.5 Å². The number of hydrogen-bond donors (Lipinski definition) is 1. The van der Waals surface area contributed by atoms with Crippen LogP contribution in [0.2, 0.25) is 0 Å². The monoisotopic (exact) mass is 418 g/mol. The van der Waals surface area contributed by atoms with E-state index in [1.807, 2.05) is 60.9 Å². The van der Waals surface area contributed by atoms with Crippen molar-refractivity contribution in [2.24, 2.45) is 0 Å². The van der Waals surface area contributed by atoms with Gasteiger partial charge in [0.2, 0.25) is 11.9 Å². The lowest BCUT2D eigenvalue weighted by molar-refractivity contribution is -0.124. The first-order valence-electron chi connectivity index (χ1n) is 10.8. The molecule has 2 aromatic carbocycles. The molecule has 5 rings (SSSR count). The number of para-hydroxylation sites is 2. The third kappa shape index (κ3) is 3.59. The molecule has 0 aliphatic carbocycles. The van der Waals surface area contributed by atoms with Crippen molar-refractivity contribution >= 4 is 34.5 Å². The molecule has 7 nitrogen and oxygen atoms in total. The summed E-state index contributed by atoms with van der Waals surface area (Å²) in [5.41, 5.74) is 4.60. The van der Waals surface area contributed by atoms with Crippen LogP contribution in [0.15, 0.2) is 42.5 Å². The topological polar surface area (TPSA) is 76.5 Å². The summed E-state index contributed by atoms with van der Waals surface area (Å²) in [6, 6.07) is 13.0. The number of amides is 2. The van der Waals surface area contributed by atoms with Crippen LogP contribution in [0.5, 0.6) is 0 Å². The molecule has 2 aliphatic heterocycles. The molecule has 3 aromatic rings. The molecule has 0 unspecified atom stereocenters. The van der Waals surface area contributed by atoms with Crippen molar-refractivity contribution in [1.29, 1.82) is 0 Å². The Morgan fingerprint density at radius 1 is 1.23 bits per heavy atom. The second-order valence-electron chi connectivity index (χ2n) is 8.44. The van der Waals surface area contributed by atoms with Crippen molar-refractivity contribution < 1.29 is 14.3 Å². The summed E-state index contributed by atoms with van der Waals surface area (Å²) in [5.74, 6) is 0.318. The fourth-order valence-electron chi connectivity index (χ4n) is 4.59. The number of anilines is 2. The zero-order valence-electron chi connectivity index (χ0n) is 17.8. The van der Waals surface area contributed by atoms with Gasteiger partial charge < -0.3 is 10.1 Å². The van der Waals surface area contributed by atoms with Crippen molar-refractivity contribution in [1.82, 2.24) is 9.55 Å². The quantitative estimate of drug-likeness (QED) is 0.685. The second kappa shape index (κ2) is 7.81. The highest BCUT2D eigenvalue weighted by Crippen LogP contribution is 2.37. The maximum atomic E-state index is 13.4. The minimum atomic E-state index is -0.616. The fraction of sp³-hybridized carbons (Fsp3) is 0.375. The third-order valence-electron chi connectivity index (χ3n) is 6.13. The third-order valence-corrected chi connectivity index (χ3v) is 6.13. The van der Waals surface area contributed by atoms with Crippen LogP contribution in [0.4, 0.5) is 11.6 Å². The SMILES string of the molecule is Cc1ccc(NC(=O)C[C@@H]2C(=O)N(C[C@H]3CCCO3)c3nc4ccccc4n32)c(C)c1. The lowest BCUT2D eigenvalue weighted by Crippen LogP contribution is -2.37. The number of carbonyl (C=O) groups is 2. The Balaban J connectivity index is 1.44. The van der Waals surface area contributed by atoms with Crippen molar-refractivity contribution in [3.8, 4) is 0 Å². The van der Waals surface area contributed by atoms with E-state index >= 15 is 0 Å². The number of rotatable bonds is 5. The summed E-state index contributed by atoms with van der Waals surface area (Å²) in [7, 11) is 0. The van der Waals surface area contributed by atoms with Crippen LogP contribution in [-0.4, -0.2) is 40.6 Å². The van der Waals surface area contributed by atoms with Gasteiger partial charge in [0.25, 0.3) is 5.91 Å². The average Bonchev–Trinajstić information content (AvgIpc) is 3.44. The van der Waals surface area contributed by atoms with Crippen molar-refractivity contribution in [3.05, 3.63) is 53.6 Å². The first kappa shape index (κ1) is 19.8. The summed E-state index contributed by atoms with van der Waals surface area (Å²) in [4.78, 5) is 32.7. The number of aryl methyl sites for hydroxylation is 2. The largest absolute Gasteiger partial charge is 0.376 e. The zero-order chi connectivity index (χ0) is 21.5. The number of benzene rings is 2. The van der Waals surface area contributed by atoms with E-state index in [1.165, 1.54) is 0 Å². The molecule has 1 aromatic heterocycles. The fourth-order valence-corrected chi connectivity index (χ4v) is 4.59. The Morgan fingerprint density at radius 2 is 2.06 bits per heavy atom. The van der Waals surface area contributed by atoms with Crippen LogP contribution < -0.4 is 10.2 Å². The van der Waals surface area contributed by atoms with E-state index in [-0.39, 0.29) is 24.3 Å². The Bertz CT molecular complexity index is 1160. The van der Waals surface area contributed by atoms with Crippen LogP contribution in [-0.2, 0) is 14.3 Å². The van der Waals surface area contributed by atoms with E-state index in [0.29, 0.717) is 12.5 Å². The van der Waals surface area contributed by atoms with E-state index in [4.69, 9.17) is 9.72 Å². The molecule has 0 saturated carbocycles. The Morgan fingerprint density at radius 3 is 2.84 bits per heavy atom. The minimum absolute atomic E-state index is 0.0139. The molecule has 1 N–H and O–H groups in total. The Kier molecular flexibility index (Phi) is 4.98. The molecule has 0 radical (unpaired) electrons. The maximum absolute atomic E-state index is 13.4. The number of hydrogen-bond acceptors (Lipinski definition) is 4. The zero-order valence-corrected chi connectivity index (χ0v) is 17.8. The van der Waals surface area contributed by atoms with Gasteiger partial charge in [-0.15, -0.1) is 0 Å². The molecule has 31 heavy (non-hydrogen) atoms. The normalized spacial score (nSPS) is 20.5. The summed E-state index contributed by atoms with van der Waals surface area (Å²) in [6.07, 6.45) is 2.01. The van der Waals surface area contributed by atoms with Crippen LogP contribution in [0.25, 0.3) is 11.0 Å². The molecular formula is C24H26N4O3. The number of imidazole rings is 1. The van der Waals surface area contributed by atoms with E-state index in [9.17, 15) is 9.59 Å². The van der Waals surface area contributed by atoms with Crippen molar-refractivity contribution in [2.45, 2.75) is 45.3 Å². The molecular weight excluding hydrogens is 392 g/mol. The standard InChI is InChI=1S/C24H26N4O3/c1-15-9-10-18(16(2)12-15)25-22(29)13-21-23(30)27(14-17-6-5-11-31-17)24-26-19-7-3-4-8-20(19)28(21)24/h3-4,7-10,12,17,21H,5-6,11,13-14H2,1-2H3,(H,25,29)/t17-,21-/m1/s1. The molecule has 3 heterocycles. The van der Waals surface area contributed by atoms with Crippen LogP contribution >= 0.6 is 0 Å². The highest BCUT2D eigenvalue weighted by molar-refractivity contribution is 6.05. The molecule has 2 aliphatic rings. The van der Waals surface area contributed by atoms with Crippen molar-refractivity contribution in [3.63, 3.8) is 0 Å². The van der Waals surface area contributed by atoms with Crippen LogP contribution in [0.1, 0.15) is 36.4 Å². The molecule has 0 bridgehead atoms. The Labute approximate surface area is 181 Å². The van der Waals surface area contributed by atoms with Gasteiger partial charge in [-0.1, -0.05) is 29.8 Å². The first-order valence-corrected chi connectivity index (χ1v) is 10.8. The predicted octanol–water partition coefficient (Wildman–Crippen LogP) is 3.75. The highest BCUT2D eigenvalue weighted by atomic mass is 16.5. The van der Waals surface area contributed by atoms with Gasteiger partial charge in [-0.25, -0.2) is 4.98 Å². The van der Waals surface area contributed by atoms with E-state index in [1.54, 1.807) is 4.90 Å². The predicted molar refractivity (Wildman–Crippen MR) is 119 cm³/mol. The molecule has 7 heteroatoms. The molecule has 160 valence electrons. The van der Waals surface area contributed by atoms with Gasteiger partial charge in [-0.3, -0.25) is 19.1 Å². The molecule has 1 saturated heterocycles. The number of aromatic nitrogens is 2.